The van der Waals surface area contributed by atoms with Gasteiger partial charge >= 0.3 is 5.97 Å². The second kappa shape index (κ2) is 4.61. The molecular weight excluding hydrogens is 235 g/mol. The molecule has 88 valence electrons. The van der Waals surface area contributed by atoms with Gasteiger partial charge in [-0.15, -0.1) is 0 Å². The first-order valence-electron chi connectivity index (χ1n) is 4.38. The maximum absolute atomic E-state index is 13.3. The molecule has 0 saturated heterocycles. The minimum Gasteiger partial charge on any atom is -0.467 e. The van der Waals surface area contributed by atoms with Gasteiger partial charge in [0.1, 0.15) is 0 Å². The van der Waals surface area contributed by atoms with Gasteiger partial charge < -0.3 is 4.74 Å². The summed E-state index contributed by atoms with van der Waals surface area (Å²) in [7, 11) is -2.23. The fourth-order valence-corrected chi connectivity index (χ4v) is 1.75. The van der Waals surface area contributed by atoms with Crippen LogP contribution in [0.4, 0.5) is 4.39 Å². The van der Waals surface area contributed by atoms with Crippen molar-refractivity contribution in [1.29, 1.82) is 0 Å². The zero-order valence-electron chi connectivity index (χ0n) is 8.81. The van der Waals surface area contributed by atoms with Crippen LogP contribution in [-0.2, 0) is 19.4 Å². The van der Waals surface area contributed by atoms with E-state index in [9.17, 15) is 17.6 Å². The minimum atomic E-state index is -3.31. The Hall–Kier alpha value is -1.43. The molecule has 0 bridgehead atoms. The van der Waals surface area contributed by atoms with Crippen molar-refractivity contribution in [2.45, 2.75) is 11.1 Å². The summed E-state index contributed by atoms with van der Waals surface area (Å²) in [6.07, 6.45) is -0.839. The van der Waals surface area contributed by atoms with Crippen LogP contribution in [-0.4, -0.2) is 27.8 Å². The number of hydrogen-bond acceptors (Lipinski definition) is 4. The van der Waals surface area contributed by atoms with E-state index in [1.807, 2.05) is 0 Å². The summed E-state index contributed by atoms with van der Waals surface area (Å²) in [4.78, 5) is 11.0. The Labute approximate surface area is 93.0 Å². The van der Waals surface area contributed by atoms with Gasteiger partial charge in [0.25, 0.3) is 0 Å². The van der Waals surface area contributed by atoms with Crippen LogP contribution in [0, 0.1) is 0 Å². The third-order valence-corrected chi connectivity index (χ3v) is 3.14. The Morgan fingerprint density at radius 2 is 1.81 bits per heavy atom. The predicted octanol–water partition coefficient (Wildman–Crippen LogP) is 1.27. The molecule has 0 aromatic heterocycles. The molecule has 0 fully saturated rings. The number of esters is 1. The van der Waals surface area contributed by atoms with Crippen LogP contribution in [0.25, 0.3) is 0 Å². The standard InChI is InChI=1S/C10H11FO4S/c1-15-10(12)9(11)7-3-5-8(6-4-7)16(2,13)14/h3-6,9H,1-2H3. The number of benzene rings is 1. The minimum absolute atomic E-state index is 0.0688. The van der Waals surface area contributed by atoms with Crippen molar-refractivity contribution in [3.63, 3.8) is 0 Å². The Morgan fingerprint density at radius 3 is 2.19 bits per heavy atom. The van der Waals surface area contributed by atoms with Crippen LogP contribution in [0.2, 0.25) is 0 Å². The molecule has 1 unspecified atom stereocenters. The smallest absolute Gasteiger partial charge is 0.345 e. The lowest BCUT2D eigenvalue weighted by atomic mass is 10.1. The van der Waals surface area contributed by atoms with Crippen molar-refractivity contribution >= 4 is 15.8 Å². The molecular formula is C10H11FO4S. The van der Waals surface area contributed by atoms with Crippen LogP contribution in [0.15, 0.2) is 29.2 Å². The molecule has 0 radical (unpaired) electrons. The van der Waals surface area contributed by atoms with E-state index in [2.05, 4.69) is 4.74 Å². The van der Waals surface area contributed by atoms with Crippen LogP contribution in [0.5, 0.6) is 0 Å². The highest BCUT2D eigenvalue weighted by Crippen LogP contribution is 2.20. The van der Waals surface area contributed by atoms with E-state index in [1.54, 1.807) is 0 Å². The summed E-state index contributed by atoms with van der Waals surface area (Å²) in [5.41, 5.74) is 0.0688. The van der Waals surface area contributed by atoms with Gasteiger partial charge in [-0.25, -0.2) is 17.6 Å². The first-order valence-corrected chi connectivity index (χ1v) is 6.27. The fraction of sp³-hybridized carbons (Fsp3) is 0.300. The van der Waals surface area contributed by atoms with E-state index >= 15 is 0 Å². The van der Waals surface area contributed by atoms with Crippen molar-refractivity contribution in [3.05, 3.63) is 29.8 Å². The van der Waals surface area contributed by atoms with E-state index in [1.165, 1.54) is 24.3 Å². The SMILES string of the molecule is COC(=O)C(F)c1ccc(S(C)(=O)=O)cc1. The average Bonchev–Trinajstić information content (AvgIpc) is 2.26. The molecule has 0 aliphatic carbocycles. The molecule has 1 aromatic carbocycles. The van der Waals surface area contributed by atoms with Crippen LogP contribution < -0.4 is 0 Å². The van der Waals surface area contributed by atoms with Gasteiger partial charge in [-0.3, -0.25) is 0 Å². The zero-order chi connectivity index (χ0) is 12.3. The molecule has 1 atom stereocenters. The van der Waals surface area contributed by atoms with E-state index < -0.39 is 22.0 Å². The molecule has 0 saturated carbocycles. The molecule has 0 amide bonds. The normalized spacial score (nSPS) is 13.2. The molecule has 16 heavy (non-hydrogen) atoms. The van der Waals surface area contributed by atoms with Crippen molar-refractivity contribution in [2.75, 3.05) is 13.4 Å². The number of halogens is 1. The molecule has 0 aliphatic heterocycles. The molecule has 4 nitrogen and oxygen atoms in total. The Bertz CT molecular complexity index is 478. The first-order chi connectivity index (χ1) is 7.36. The highest BCUT2D eigenvalue weighted by atomic mass is 32.2. The van der Waals surface area contributed by atoms with Gasteiger partial charge in [-0.1, -0.05) is 12.1 Å². The molecule has 0 heterocycles. The summed E-state index contributed by atoms with van der Waals surface area (Å²) < 4.78 is 39.8. The van der Waals surface area contributed by atoms with Gasteiger partial charge in [0.2, 0.25) is 6.17 Å². The number of carbonyl (C=O) groups excluding carboxylic acids is 1. The third-order valence-electron chi connectivity index (χ3n) is 2.01. The molecule has 0 spiro atoms. The van der Waals surface area contributed by atoms with Gasteiger partial charge in [-0.2, -0.15) is 0 Å². The average molecular weight is 246 g/mol. The second-order valence-corrected chi connectivity index (χ2v) is 5.24. The highest BCUT2D eigenvalue weighted by molar-refractivity contribution is 7.90. The Kier molecular flexibility index (Phi) is 3.64. The Balaban J connectivity index is 3.00. The quantitative estimate of drug-likeness (QED) is 0.754. The molecule has 0 N–H and O–H groups in total. The van der Waals surface area contributed by atoms with Crippen molar-refractivity contribution in [1.82, 2.24) is 0 Å². The van der Waals surface area contributed by atoms with Gasteiger partial charge in [0, 0.05) is 6.26 Å². The summed E-state index contributed by atoms with van der Waals surface area (Å²) in [5, 5.41) is 0. The first kappa shape index (κ1) is 12.6. The largest absolute Gasteiger partial charge is 0.467 e. The third kappa shape index (κ3) is 2.79. The molecule has 0 aliphatic rings. The van der Waals surface area contributed by atoms with E-state index in [0.29, 0.717) is 0 Å². The molecule has 6 heteroatoms. The van der Waals surface area contributed by atoms with Crippen LogP contribution in [0.1, 0.15) is 11.7 Å². The maximum atomic E-state index is 13.3. The summed E-state index contributed by atoms with van der Waals surface area (Å²) in [6, 6.07) is 5.00. The number of alkyl halides is 1. The lowest BCUT2D eigenvalue weighted by Gasteiger charge is -2.06. The number of methoxy groups -OCH3 is 1. The summed E-state index contributed by atoms with van der Waals surface area (Å²) in [5.74, 6) is -1.01. The fourth-order valence-electron chi connectivity index (χ4n) is 1.12. The predicted molar refractivity (Wildman–Crippen MR) is 55.4 cm³/mol. The van der Waals surface area contributed by atoms with Gasteiger partial charge in [-0.05, 0) is 17.7 Å². The number of ether oxygens (including phenoxy) is 1. The zero-order valence-corrected chi connectivity index (χ0v) is 9.62. The number of sulfone groups is 1. The number of rotatable bonds is 3. The van der Waals surface area contributed by atoms with E-state index in [4.69, 9.17) is 0 Å². The van der Waals surface area contributed by atoms with Crippen LogP contribution >= 0.6 is 0 Å². The highest BCUT2D eigenvalue weighted by Gasteiger charge is 2.20. The molecule has 1 aromatic rings. The van der Waals surface area contributed by atoms with Crippen molar-refractivity contribution in [2.24, 2.45) is 0 Å². The summed E-state index contributed by atoms with van der Waals surface area (Å²) in [6.45, 7) is 0. The lowest BCUT2D eigenvalue weighted by Crippen LogP contribution is -2.09. The number of hydrogen-bond donors (Lipinski definition) is 0. The van der Waals surface area contributed by atoms with Crippen LogP contribution in [0.3, 0.4) is 0 Å². The van der Waals surface area contributed by atoms with E-state index in [-0.39, 0.29) is 10.5 Å². The molecule has 1 rings (SSSR count). The summed E-state index contributed by atoms with van der Waals surface area (Å²) >= 11 is 0. The second-order valence-electron chi connectivity index (χ2n) is 3.23. The van der Waals surface area contributed by atoms with Crippen molar-refractivity contribution < 1.29 is 22.3 Å². The van der Waals surface area contributed by atoms with E-state index in [0.717, 1.165) is 13.4 Å². The van der Waals surface area contributed by atoms with Gasteiger partial charge in [0.15, 0.2) is 9.84 Å². The Morgan fingerprint density at radius 1 is 1.31 bits per heavy atom. The lowest BCUT2D eigenvalue weighted by molar-refractivity contribution is -0.146. The van der Waals surface area contributed by atoms with Gasteiger partial charge in [0.05, 0.1) is 12.0 Å². The monoisotopic (exact) mass is 246 g/mol. The maximum Gasteiger partial charge on any atom is 0.345 e. The number of carbonyl (C=O) groups is 1. The van der Waals surface area contributed by atoms with Crippen molar-refractivity contribution in [3.8, 4) is 0 Å². The topological polar surface area (TPSA) is 60.4 Å².